The maximum atomic E-state index is 12.7. The number of fused-ring (bicyclic) bond motifs is 1. The Morgan fingerprint density at radius 2 is 2.19 bits per heavy atom. The van der Waals surface area contributed by atoms with Crippen LogP contribution in [-0.4, -0.2) is 44.4 Å². The lowest BCUT2D eigenvalue weighted by Crippen LogP contribution is -2.55. The molecule has 3 heterocycles. The second-order valence-electron chi connectivity index (χ2n) is 7.33. The highest BCUT2D eigenvalue weighted by Gasteiger charge is 2.43. The first-order valence-electron chi connectivity index (χ1n) is 9.17. The summed E-state index contributed by atoms with van der Waals surface area (Å²) in [5.74, 6) is 0.549. The molecule has 26 heavy (non-hydrogen) atoms. The molecule has 1 aliphatic heterocycles. The SMILES string of the molecule is O=C(Cn1nc(-c2ccco2)ccc1=O)N1CC[C@]2(O)CCCC[C@H]2C1. The maximum absolute atomic E-state index is 12.7. The zero-order valence-corrected chi connectivity index (χ0v) is 14.6. The minimum atomic E-state index is -0.622. The molecule has 1 aliphatic carbocycles. The molecule has 0 aromatic carbocycles. The Hall–Kier alpha value is -2.41. The van der Waals surface area contributed by atoms with E-state index < -0.39 is 5.60 Å². The minimum absolute atomic E-state index is 0.0987. The summed E-state index contributed by atoms with van der Waals surface area (Å²) in [7, 11) is 0. The van der Waals surface area contributed by atoms with E-state index in [-0.39, 0.29) is 23.9 Å². The lowest BCUT2D eigenvalue weighted by Gasteiger charge is -2.47. The molecule has 1 saturated heterocycles. The van der Waals surface area contributed by atoms with Crippen molar-refractivity contribution in [3.63, 3.8) is 0 Å². The third kappa shape index (κ3) is 3.19. The monoisotopic (exact) mass is 357 g/mol. The van der Waals surface area contributed by atoms with Gasteiger partial charge >= 0.3 is 0 Å². The largest absolute Gasteiger partial charge is 0.463 e. The molecule has 2 atom stereocenters. The molecular weight excluding hydrogens is 334 g/mol. The van der Waals surface area contributed by atoms with Gasteiger partial charge < -0.3 is 14.4 Å². The molecule has 138 valence electrons. The van der Waals surface area contributed by atoms with Crippen molar-refractivity contribution in [2.45, 2.75) is 44.2 Å². The summed E-state index contributed by atoms with van der Waals surface area (Å²) in [5, 5.41) is 15.0. The fourth-order valence-electron chi connectivity index (χ4n) is 4.14. The topological polar surface area (TPSA) is 88.6 Å². The van der Waals surface area contributed by atoms with Crippen LogP contribution in [0.25, 0.3) is 11.5 Å². The first-order chi connectivity index (χ1) is 12.5. The molecule has 2 aromatic heterocycles. The highest BCUT2D eigenvalue weighted by molar-refractivity contribution is 5.76. The van der Waals surface area contributed by atoms with Crippen LogP contribution in [-0.2, 0) is 11.3 Å². The third-order valence-corrected chi connectivity index (χ3v) is 5.71. The van der Waals surface area contributed by atoms with E-state index in [0.29, 0.717) is 31.0 Å². The zero-order valence-electron chi connectivity index (χ0n) is 14.6. The molecule has 1 amide bonds. The number of aromatic nitrogens is 2. The number of amides is 1. The van der Waals surface area contributed by atoms with Crippen molar-refractivity contribution < 1.29 is 14.3 Å². The molecule has 7 nitrogen and oxygen atoms in total. The van der Waals surface area contributed by atoms with Crippen LogP contribution in [0.5, 0.6) is 0 Å². The third-order valence-electron chi connectivity index (χ3n) is 5.71. The summed E-state index contributed by atoms with van der Waals surface area (Å²) in [5.41, 5.74) is -0.425. The van der Waals surface area contributed by atoms with Crippen LogP contribution in [0.3, 0.4) is 0 Å². The first kappa shape index (κ1) is 17.0. The Morgan fingerprint density at radius 3 is 3.00 bits per heavy atom. The zero-order chi connectivity index (χ0) is 18.1. The average molecular weight is 357 g/mol. The summed E-state index contributed by atoms with van der Waals surface area (Å²) in [6.45, 7) is 0.985. The van der Waals surface area contributed by atoms with Crippen LogP contribution in [0.1, 0.15) is 32.1 Å². The molecule has 7 heteroatoms. The predicted octanol–water partition coefficient (Wildman–Crippen LogP) is 1.66. The van der Waals surface area contributed by atoms with Gasteiger partial charge in [0, 0.05) is 25.1 Å². The Morgan fingerprint density at radius 1 is 1.31 bits per heavy atom. The number of carbonyl (C=O) groups excluding carboxylic acids is 1. The van der Waals surface area contributed by atoms with Crippen molar-refractivity contribution in [2.75, 3.05) is 13.1 Å². The standard InChI is InChI=1S/C19H23N3O4/c23-17-7-6-15(16-5-3-11-26-16)20-22(17)13-18(24)21-10-9-19(25)8-2-1-4-14(19)12-21/h3,5-7,11,14,25H,1-2,4,8-10,12-13H2/t14-,19+/m0/s1. The van der Waals surface area contributed by atoms with Gasteiger partial charge in [0.25, 0.3) is 5.56 Å². The quantitative estimate of drug-likeness (QED) is 0.902. The molecular formula is C19H23N3O4. The number of carbonyl (C=O) groups is 1. The lowest BCUT2D eigenvalue weighted by molar-refractivity contribution is -0.144. The maximum Gasteiger partial charge on any atom is 0.267 e. The van der Waals surface area contributed by atoms with Crippen molar-refractivity contribution >= 4 is 5.91 Å². The Bertz CT molecular complexity index is 845. The molecule has 2 aliphatic rings. The normalized spacial score (nSPS) is 25.7. The fourth-order valence-corrected chi connectivity index (χ4v) is 4.14. The van der Waals surface area contributed by atoms with Crippen LogP contribution in [0.4, 0.5) is 0 Å². The van der Waals surface area contributed by atoms with Gasteiger partial charge in [-0.1, -0.05) is 12.8 Å². The van der Waals surface area contributed by atoms with Crippen molar-refractivity contribution in [2.24, 2.45) is 5.92 Å². The Labute approximate surface area is 151 Å². The molecule has 4 rings (SSSR count). The molecule has 2 aromatic rings. The van der Waals surface area contributed by atoms with E-state index >= 15 is 0 Å². The smallest absolute Gasteiger partial charge is 0.267 e. The van der Waals surface area contributed by atoms with Crippen LogP contribution < -0.4 is 5.56 Å². The van der Waals surface area contributed by atoms with Gasteiger partial charge in [0.15, 0.2) is 5.76 Å². The minimum Gasteiger partial charge on any atom is -0.463 e. The Kier molecular flexibility index (Phi) is 4.40. The number of nitrogens with zero attached hydrogens (tertiary/aromatic N) is 3. The van der Waals surface area contributed by atoms with E-state index in [1.54, 1.807) is 23.1 Å². The van der Waals surface area contributed by atoms with E-state index in [1.165, 1.54) is 17.0 Å². The predicted molar refractivity (Wildman–Crippen MR) is 94.3 cm³/mol. The van der Waals surface area contributed by atoms with Crippen LogP contribution in [0.2, 0.25) is 0 Å². The van der Waals surface area contributed by atoms with E-state index in [2.05, 4.69) is 5.10 Å². The van der Waals surface area contributed by atoms with Gasteiger partial charge in [-0.3, -0.25) is 9.59 Å². The van der Waals surface area contributed by atoms with E-state index in [1.807, 2.05) is 0 Å². The molecule has 0 bridgehead atoms. The van der Waals surface area contributed by atoms with Crippen molar-refractivity contribution in [1.29, 1.82) is 0 Å². The van der Waals surface area contributed by atoms with E-state index in [0.717, 1.165) is 25.7 Å². The lowest BCUT2D eigenvalue weighted by atomic mass is 9.71. The number of piperidine rings is 1. The summed E-state index contributed by atoms with van der Waals surface area (Å²) in [6.07, 6.45) is 6.08. The summed E-state index contributed by atoms with van der Waals surface area (Å²) in [6, 6.07) is 6.49. The first-order valence-corrected chi connectivity index (χ1v) is 9.17. The Balaban J connectivity index is 1.48. The van der Waals surface area contributed by atoms with Crippen LogP contribution >= 0.6 is 0 Å². The number of aliphatic hydroxyl groups is 1. The number of hydrogen-bond donors (Lipinski definition) is 1. The number of hydrogen-bond acceptors (Lipinski definition) is 5. The molecule has 0 spiro atoms. The van der Waals surface area contributed by atoms with Gasteiger partial charge in [0.05, 0.1) is 11.9 Å². The van der Waals surface area contributed by atoms with Gasteiger partial charge in [-0.05, 0) is 37.5 Å². The van der Waals surface area contributed by atoms with Gasteiger partial charge in [0.1, 0.15) is 12.2 Å². The summed E-state index contributed by atoms with van der Waals surface area (Å²) >= 11 is 0. The fraction of sp³-hybridized carbons (Fsp3) is 0.526. The van der Waals surface area contributed by atoms with Crippen LogP contribution in [0.15, 0.2) is 39.7 Å². The molecule has 0 radical (unpaired) electrons. The molecule has 1 saturated carbocycles. The number of rotatable bonds is 3. The highest BCUT2D eigenvalue weighted by Crippen LogP contribution is 2.39. The van der Waals surface area contributed by atoms with E-state index in [4.69, 9.17) is 4.42 Å². The van der Waals surface area contributed by atoms with Gasteiger partial charge in [-0.15, -0.1) is 0 Å². The molecule has 1 N–H and O–H groups in total. The summed E-state index contributed by atoms with van der Waals surface area (Å²) in [4.78, 5) is 26.6. The van der Waals surface area contributed by atoms with E-state index in [9.17, 15) is 14.7 Å². The summed E-state index contributed by atoms with van der Waals surface area (Å²) < 4.78 is 6.49. The van der Waals surface area contributed by atoms with Gasteiger partial charge in [0.2, 0.25) is 5.91 Å². The van der Waals surface area contributed by atoms with Crippen molar-refractivity contribution in [1.82, 2.24) is 14.7 Å². The molecule has 0 unspecified atom stereocenters. The van der Waals surface area contributed by atoms with Crippen LogP contribution in [0, 0.1) is 5.92 Å². The van der Waals surface area contributed by atoms with Crippen molar-refractivity contribution in [3.8, 4) is 11.5 Å². The van der Waals surface area contributed by atoms with Gasteiger partial charge in [-0.2, -0.15) is 5.10 Å². The number of furan rings is 1. The average Bonchev–Trinajstić information content (AvgIpc) is 3.17. The number of likely N-dealkylation sites (tertiary alicyclic amines) is 1. The second-order valence-corrected chi connectivity index (χ2v) is 7.33. The highest BCUT2D eigenvalue weighted by atomic mass is 16.3. The molecule has 2 fully saturated rings. The van der Waals surface area contributed by atoms with Crippen molar-refractivity contribution in [3.05, 3.63) is 40.9 Å². The second kappa shape index (κ2) is 6.72. The van der Waals surface area contributed by atoms with Gasteiger partial charge in [-0.25, -0.2) is 4.68 Å².